The van der Waals surface area contributed by atoms with Gasteiger partial charge in [-0.2, -0.15) is 0 Å². The largest absolute Gasteiger partial charge is 0.463 e. The second-order valence-corrected chi connectivity index (χ2v) is 6.91. The van der Waals surface area contributed by atoms with Crippen LogP contribution >= 0.6 is 0 Å². The normalized spacial score (nSPS) is 27.5. The van der Waals surface area contributed by atoms with Crippen LogP contribution in [0.2, 0.25) is 0 Å². The van der Waals surface area contributed by atoms with E-state index in [4.69, 9.17) is 9.47 Å². The summed E-state index contributed by atoms with van der Waals surface area (Å²) in [5.74, 6) is 0.156. The van der Waals surface area contributed by atoms with Gasteiger partial charge in [0.25, 0.3) is 0 Å². The fourth-order valence-electron chi connectivity index (χ4n) is 3.80. The summed E-state index contributed by atoms with van der Waals surface area (Å²) in [6, 6.07) is 0. The minimum Gasteiger partial charge on any atom is -0.463 e. The maximum absolute atomic E-state index is 12.1. The molecule has 0 aliphatic carbocycles. The Bertz CT molecular complexity index is 500. The van der Waals surface area contributed by atoms with Crippen LogP contribution in [0.15, 0.2) is 24.5 Å². The van der Waals surface area contributed by atoms with E-state index in [2.05, 4.69) is 27.4 Å². The zero-order valence-corrected chi connectivity index (χ0v) is 15.6. The SMILES string of the molecule is C=COC(=O)N1C[C@@H](C)C(/C=C(\C)C(=O)OCC)[C@](C)(CCC)C1. The molecule has 5 nitrogen and oxygen atoms in total. The third kappa shape index (κ3) is 4.86. The summed E-state index contributed by atoms with van der Waals surface area (Å²) in [7, 11) is 0. The summed E-state index contributed by atoms with van der Waals surface area (Å²) in [6.07, 6.45) is 4.82. The molecule has 0 aromatic carbocycles. The Morgan fingerprint density at radius 3 is 2.58 bits per heavy atom. The summed E-state index contributed by atoms with van der Waals surface area (Å²) in [6.45, 7) is 15.1. The Balaban J connectivity index is 3.06. The molecule has 0 aromatic heterocycles. The lowest BCUT2D eigenvalue weighted by atomic mass is 9.65. The van der Waals surface area contributed by atoms with Crippen molar-refractivity contribution < 1.29 is 19.1 Å². The lowest BCUT2D eigenvalue weighted by molar-refractivity contribution is -0.138. The molecule has 0 spiro atoms. The van der Waals surface area contributed by atoms with Gasteiger partial charge >= 0.3 is 12.1 Å². The first kappa shape index (κ1) is 20.3. The van der Waals surface area contributed by atoms with Crippen LogP contribution in [-0.2, 0) is 14.3 Å². The van der Waals surface area contributed by atoms with Gasteiger partial charge in [-0.15, -0.1) is 0 Å². The molecule has 1 aliphatic rings. The molecule has 24 heavy (non-hydrogen) atoms. The van der Waals surface area contributed by atoms with E-state index in [0.717, 1.165) is 12.8 Å². The van der Waals surface area contributed by atoms with Gasteiger partial charge < -0.3 is 14.4 Å². The van der Waals surface area contributed by atoms with Crippen molar-refractivity contribution in [3.05, 3.63) is 24.5 Å². The van der Waals surface area contributed by atoms with Crippen LogP contribution < -0.4 is 0 Å². The van der Waals surface area contributed by atoms with Crippen molar-refractivity contribution in [2.24, 2.45) is 17.3 Å². The van der Waals surface area contributed by atoms with Crippen molar-refractivity contribution in [2.45, 2.75) is 47.5 Å². The molecule has 0 saturated carbocycles. The molecule has 0 N–H and O–H groups in total. The standard InChI is InChI=1S/C19H31NO4/c1-7-10-19(6)13-20(18(22)24-9-3)12-15(5)16(19)11-14(4)17(21)23-8-2/h9,11,15-16H,3,7-8,10,12-13H2,1-2,4-6H3/b14-11+/t15-,16?,19-/m1/s1. The fourth-order valence-corrected chi connectivity index (χ4v) is 3.80. The van der Waals surface area contributed by atoms with Crippen molar-refractivity contribution in [3.8, 4) is 0 Å². The number of ether oxygens (including phenoxy) is 2. The van der Waals surface area contributed by atoms with Crippen molar-refractivity contribution in [1.29, 1.82) is 0 Å². The maximum Gasteiger partial charge on any atom is 0.414 e. The van der Waals surface area contributed by atoms with E-state index in [0.29, 0.717) is 25.3 Å². The summed E-state index contributed by atoms with van der Waals surface area (Å²) in [4.78, 5) is 25.8. The minimum atomic E-state index is -0.358. The fraction of sp³-hybridized carbons (Fsp3) is 0.684. The Morgan fingerprint density at radius 1 is 1.38 bits per heavy atom. The lowest BCUT2D eigenvalue weighted by Crippen LogP contribution is -2.52. The van der Waals surface area contributed by atoms with E-state index in [1.165, 1.54) is 6.26 Å². The molecule has 0 radical (unpaired) electrons. The zero-order chi connectivity index (χ0) is 18.3. The van der Waals surface area contributed by atoms with Gasteiger partial charge in [-0.05, 0) is 37.5 Å². The quantitative estimate of drug-likeness (QED) is 0.415. The number of allylic oxidation sites excluding steroid dienone is 1. The van der Waals surface area contributed by atoms with Gasteiger partial charge in [0.1, 0.15) is 0 Å². The molecule has 0 aromatic rings. The molecule has 1 rings (SSSR count). The minimum absolute atomic E-state index is 0.111. The van der Waals surface area contributed by atoms with Crippen molar-refractivity contribution in [3.63, 3.8) is 0 Å². The first-order valence-corrected chi connectivity index (χ1v) is 8.71. The average Bonchev–Trinajstić information content (AvgIpc) is 2.51. The van der Waals surface area contributed by atoms with Crippen molar-refractivity contribution in [1.82, 2.24) is 4.90 Å². The highest BCUT2D eigenvalue weighted by Gasteiger charge is 2.43. The van der Waals surface area contributed by atoms with Gasteiger partial charge in [0.05, 0.1) is 12.9 Å². The molecule has 1 heterocycles. The van der Waals surface area contributed by atoms with E-state index in [1.807, 2.05) is 6.08 Å². The number of hydrogen-bond donors (Lipinski definition) is 0. The van der Waals surface area contributed by atoms with Crippen LogP contribution in [0.25, 0.3) is 0 Å². The average molecular weight is 337 g/mol. The van der Waals surface area contributed by atoms with Crippen LogP contribution in [0.1, 0.15) is 47.5 Å². The van der Waals surface area contributed by atoms with Gasteiger partial charge in [-0.25, -0.2) is 9.59 Å². The van der Waals surface area contributed by atoms with Crippen LogP contribution in [0.5, 0.6) is 0 Å². The predicted octanol–water partition coefficient (Wildman–Crippen LogP) is 4.15. The molecule has 3 atom stereocenters. The van der Waals surface area contributed by atoms with E-state index in [1.54, 1.807) is 18.7 Å². The number of rotatable bonds is 6. The number of piperidine rings is 1. The Kier molecular flexibility index (Phi) is 7.52. The predicted molar refractivity (Wildman–Crippen MR) is 94.3 cm³/mol. The maximum atomic E-state index is 12.1. The molecule has 1 aliphatic heterocycles. The highest BCUT2D eigenvalue weighted by molar-refractivity contribution is 5.87. The highest BCUT2D eigenvalue weighted by Crippen LogP contribution is 2.43. The smallest absolute Gasteiger partial charge is 0.414 e. The topological polar surface area (TPSA) is 55.8 Å². The van der Waals surface area contributed by atoms with Crippen LogP contribution in [-0.4, -0.2) is 36.7 Å². The van der Waals surface area contributed by atoms with Gasteiger partial charge in [0.2, 0.25) is 0 Å². The van der Waals surface area contributed by atoms with Gasteiger partial charge in [0, 0.05) is 18.7 Å². The second-order valence-electron chi connectivity index (χ2n) is 6.91. The molecular weight excluding hydrogens is 306 g/mol. The molecule has 1 fully saturated rings. The Morgan fingerprint density at radius 2 is 2.04 bits per heavy atom. The third-order valence-corrected chi connectivity index (χ3v) is 4.77. The van der Waals surface area contributed by atoms with Crippen LogP contribution in [0.3, 0.4) is 0 Å². The Hall–Kier alpha value is -1.78. The van der Waals surface area contributed by atoms with Gasteiger partial charge in [-0.1, -0.05) is 39.8 Å². The van der Waals surface area contributed by atoms with Crippen LogP contribution in [0, 0.1) is 17.3 Å². The molecule has 1 saturated heterocycles. The zero-order valence-electron chi connectivity index (χ0n) is 15.6. The summed E-state index contributed by atoms with van der Waals surface area (Å²) < 4.78 is 10.0. The molecule has 5 heteroatoms. The second kappa shape index (κ2) is 8.90. The number of amides is 1. The molecule has 1 unspecified atom stereocenters. The molecular formula is C19H31NO4. The lowest BCUT2D eigenvalue weighted by Gasteiger charge is -2.48. The third-order valence-electron chi connectivity index (χ3n) is 4.77. The monoisotopic (exact) mass is 337 g/mol. The summed E-state index contributed by atoms with van der Waals surface area (Å²) >= 11 is 0. The summed E-state index contributed by atoms with van der Waals surface area (Å²) in [5, 5.41) is 0. The number of carbonyl (C=O) groups excluding carboxylic acids is 2. The first-order valence-electron chi connectivity index (χ1n) is 8.71. The molecule has 0 bridgehead atoms. The Labute approximate surface area is 145 Å². The summed E-state index contributed by atoms with van der Waals surface area (Å²) in [5.41, 5.74) is 0.526. The first-order chi connectivity index (χ1) is 11.3. The number of carbonyl (C=O) groups is 2. The number of hydrogen-bond acceptors (Lipinski definition) is 4. The van der Waals surface area contributed by atoms with Gasteiger partial charge in [-0.3, -0.25) is 0 Å². The highest BCUT2D eigenvalue weighted by atomic mass is 16.5. The molecule has 136 valence electrons. The van der Waals surface area contributed by atoms with E-state index < -0.39 is 0 Å². The van der Waals surface area contributed by atoms with E-state index >= 15 is 0 Å². The number of nitrogens with zero attached hydrogens (tertiary/aromatic N) is 1. The molecule has 1 amide bonds. The number of esters is 1. The van der Waals surface area contributed by atoms with E-state index in [-0.39, 0.29) is 29.3 Å². The number of likely N-dealkylation sites (tertiary alicyclic amines) is 1. The van der Waals surface area contributed by atoms with Gasteiger partial charge in [0.15, 0.2) is 0 Å². The van der Waals surface area contributed by atoms with Crippen molar-refractivity contribution in [2.75, 3.05) is 19.7 Å². The van der Waals surface area contributed by atoms with Crippen molar-refractivity contribution >= 4 is 12.1 Å². The van der Waals surface area contributed by atoms with E-state index in [9.17, 15) is 9.59 Å². The van der Waals surface area contributed by atoms with Crippen LogP contribution in [0.4, 0.5) is 4.79 Å².